The molecule has 1 aromatic heterocycles. The molecule has 16 heavy (non-hydrogen) atoms. The predicted octanol–water partition coefficient (Wildman–Crippen LogP) is 1.07. The van der Waals surface area contributed by atoms with Crippen molar-refractivity contribution in [3.63, 3.8) is 0 Å². The number of aliphatic carboxylic acids is 1. The highest BCUT2D eigenvalue weighted by molar-refractivity contribution is 5.71. The second-order valence-corrected chi connectivity index (χ2v) is 3.69. The van der Waals surface area contributed by atoms with Gasteiger partial charge >= 0.3 is 5.97 Å². The van der Waals surface area contributed by atoms with Gasteiger partial charge in [-0.15, -0.1) is 0 Å². The second kappa shape index (κ2) is 4.38. The third kappa shape index (κ3) is 1.93. The van der Waals surface area contributed by atoms with Crippen LogP contribution in [0.3, 0.4) is 0 Å². The van der Waals surface area contributed by atoms with Crippen LogP contribution in [0.4, 0.5) is 0 Å². The molecule has 2 N–H and O–H groups in total. The molecule has 0 saturated carbocycles. The lowest BCUT2D eigenvalue weighted by molar-refractivity contribution is -0.140. The maximum Gasteiger partial charge on any atom is 0.326 e. The molecule has 5 heteroatoms. The highest BCUT2D eigenvalue weighted by Crippen LogP contribution is 2.17. The molecular formula is C11H15NO4. The van der Waals surface area contributed by atoms with E-state index in [2.05, 4.69) is 0 Å². The number of hydrogen-bond donors (Lipinski definition) is 2. The minimum Gasteiger partial charge on any atom is -0.503 e. The van der Waals surface area contributed by atoms with Crippen molar-refractivity contribution in [1.82, 2.24) is 4.57 Å². The normalized spacial score (nSPS) is 12.4. The Balaban J connectivity index is 3.47. The molecular weight excluding hydrogens is 210 g/mol. The quantitative estimate of drug-likeness (QED) is 0.806. The van der Waals surface area contributed by atoms with Gasteiger partial charge in [0.25, 0.3) is 0 Å². The third-order valence-corrected chi connectivity index (χ3v) is 2.69. The summed E-state index contributed by atoms with van der Waals surface area (Å²) in [6, 6.07) is -0.809. The fourth-order valence-electron chi connectivity index (χ4n) is 1.54. The number of pyridine rings is 1. The first kappa shape index (κ1) is 12.3. The molecule has 0 aromatic carbocycles. The summed E-state index contributed by atoms with van der Waals surface area (Å²) in [4.78, 5) is 22.4. The molecule has 0 spiro atoms. The van der Waals surface area contributed by atoms with Gasteiger partial charge in [0, 0.05) is 11.8 Å². The first-order valence-corrected chi connectivity index (χ1v) is 5.06. The molecule has 0 aliphatic heterocycles. The fraction of sp³-hybridized carbons (Fsp3) is 0.455. The van der Waals surface area contributed by atoms with Gasteiger partial charge in [-0.05, 0) is 20.3 Å². The van der Waals surface area contributed by atoms with Crippen molar-refractivity contribution in [3.05, 3.63) is 27.7 Å². The average molecular weight is 225 g/mol. The summed E-state index contributed by atoms with van der Waals surface area (Å²) in [5.41, 5.74) is 0.266. The Bertz CT molecular complexity index is 476. The lowest BCUT2D eigenvalue weighted by atomic mass is 10.1. The van der Waals surface area contributed by atoms with Crippen LogP contribution < -0.4 is 5.43 Å². The van der Waals surface area contributed by atoms with Crippen LogP contribution in [-0.2, 0) is 11.2 Å². The van der Waals surface area contributed by atoms with Gasteiger partial charge in [0.05, 0.1) is 5.69 Å². The number of rotatable bonds is 3. The molecule has 0 radical (unpaired) electrons. The zero-order chi connectivity index (χ0) is 12.5. The Kier molecular flexibility index (Phi) is 3.37. The Morgan fingerprint density at radius 2 is 2.12 bits per heavy atom. The minimum atomic E-state index is -1.01. The summed E-state index contributed by atoms with van der Waals surface area (Å²) < 4.78 is 1.40. The summed E-state index contributed by atoms with van der Waals surface area (Å²) in [6.07, 6.45) is 1.95. The first-order chi connectivity index (χ1) is 7.40. The van der Waals surface area contributed by atoms with E-state index in [1.807, 2.05) is 0 Å². The molecule has 0 aliphatic carbocycles. The van der Waals surface area contributed by atoms with Crippen LogP contribution in [0.5, 0.6) is 5.75 Å². The summed E-state index contributed by atoms with van der Waals surface area (Å²) in [5.74, 6) is -1.37. The molecule has 1 rings (SSSR count). The van der Waals surface area contributed by atoms with Gasteiger partial charge < -0.3 is 14.8 Å². The number of aryl methyl sites for hydroxylation is 1. The van der Waals surface area contributed by atoms with E-state index in [-0.39, 0.29) is 11.4 Å². The Morgan fingerprint density at radius 1 is 1.56 bits per heavy atom. The zero-order valence-electron chi connectivity index (χ0n) is 9.52. The van der Waals surface area contributed by atoms with Crippen molar-refractivity contribution in [1.29, 1.82) is 0 Å². The molecule has 0 saturated heterocycles. The molecule has 0 bridgehead atoms. The number of carbonyl (C=O) groups is 1. The number of hydrogen-bond acceptors (Lipinski definition) is 3. The maximum absolute atomic E-state index is 11.6. The van der Waals surface area contributed by atoms with Crippen LogP contribution >= 0.6 is 0 Å². The lowest BCUT2D eigenvalue weighted by Crippen LogP contribution is -2.22. The summed E-state index contributed by atoms with van der Waals surface area (Å²) >= 11 is 0. The SMILES string of the molecule is CCc1cn(C(C)C(=O)O)c(C)c(O)c1=O. The van der Waals surface area contributed by atoms with Gasteiger partial charge in [0.2, 0.25) is 5.43 Å². The fourth-order valence-corrected chi connectivity index (χ4v) is 1.54. The van der Waals surface area contributed by atoms with Crippen molar-refractivity contribution in [2.24, 2.45) is 0 Å². The van der Waals surface area contributed by atoms with E-state index in [1.54, 1.807) is 6.92 Å². The van der Waals surface area contributed by atoms with Crippen molar-refractivity contribution in [3.8, 4) is 5.75 Å². The van der Waals surface area contributed by atoms with Crippen LogP contribution in [0, 0.1) is 6.92 Å². The van der Waals surface area contributed by atoms with Gasteiger partial charge in [-0.2, -0.15) is 0 Å². The summed E-state index contributed by atoms with van der Waals surface area (Å²) in [6.45, 7) is 4.80. The molecule has 0 fully saturated rings. The molecule has 1 atom stereocenters. The number of aromatic nitrogens is 1. The van der Waals surface area contributed by atoms with E-state index >= 15 is 0 Å². The van der Waals surface area contributed by atoms with Gasteiger partial charge in [-0.1, -0.05) is 6.92 Å². The topological polar surface area (TPSA) is 79.5 Å². The van der Waals surface area contributed by atoms with Crippen LogP contribution in [0.25, 0.3) is 0 Å². The third-order valence-electron chi connectivity index (χ3n) is 2.69. The minimum absolute atomic E-state index is 0.275. The summed E-state index contributed by atoms with van der Waals surface area (Å²) in [5, 5.41) is 18.5. The monoisotopic (exact) mass is 225 g/mol. The van der Waals surface area contributed by atoms with Crippen LogP contribution in [-0.4, -0.2) is 20.7 Å². The number of carboxylic acid groups (broad SMARTS) is 1. The lowest BCUT2D eigenvalue weighted by Gasteiger charge is -2.17. The number of carboxylic acids is 1. The van der Waals surface area contributed by atoms with Crippen LogP contribution in [0.2, 0.25) is 0 Å². The Labute approximate surface area is 93.0 Å². The van der Waals surface area contributed by atoms with Crippen molar-refractivity contribution >= 4 is 5.97 Å². The predicted molar refractivity (Wildman–Crippen MR) is 58.8 cm³/mol. The average Bonchev–Trinajstić information content (AvgIpc) is 2.25. The van der Waals surface area contributed by atoms with E-state index in [9.17, 15) is 14.7 Å². The van der Waals surface area contributed by atoms with Gasteiger partial charge in [-0.25, -0.2) is 4.79 Å². The molecule has 1 unspecified atom stereocenters. The van der Waals surface area contributed by atoms with E-state index in [0.717, 1.165) is 0 Å². The van der Waals surface area contributed by atoms with Gasteiger partial charge in [-0.3, -0.25) is 4.79 Å². The largest absolute Gasteiger partial charge is 0.503 e. The smallest absolute Gasteiger partial charge is 0.326 e. The van der Waals surface area contributed by atoms with Crippen molar-refractivity contribution in [2.75, 3.05) is 0 Å². The molecule has 1 aromatic rings. The molecule has 88 valence electrons. The zero-order valence-corrected chi connectivity index (χ0v) is 9.52. The van der Waals surface area contributed by atoms with E-state index in [0.29, 0.717) is 12.0 Å². The maximum atomic E-state index is 11.6. The van der Waals surface area contributed by atoms with Gasteiger partial charge in [0.15, 0.2) is 5.75 Å². The van der Waals surface area contributed by atoms with Crippen molar-refractivity contribution in [2.45, 2.75) is 33.2 Å². The molecule has 0 aliphatic rings. The molecule has 5 nitrogen and oxygen atoms in total. The van der Waals surface area contributed by atoms with Crippen LogP contribution in [0.15, 0.2) is 11.0 Å². The first-order valence-electron chi connectivity index (χ1n) is 5.06. The highest BCUT2D eigenvalue weighted by Gasteiger charge is 2.18. The number of nitrogens with zero attached hydrogens (tertiary/aromatic N) is 1. The summed E-state index contributed by atoms with van der Waals surface area (Å²) in [7, 11) is 0. The number of aromatic hydroxyl groups is 1. The molecule has 1 heterocycles. The Morgan fingerprint density at radius 3 is 2.56 bits per heavy atom. The Hall–Kier alpha value is -1.78. The highest BCUT2D eigenvalue weighted by atomic mass is 16.4. The van der Waals surface area contributed by atoms with E-state index in [4.69, 9.17) is 5.11 Å². The van der Waals surface area contributed by atoms with Crippen LogP contribution in [0.1, 0.15) is 31.1 Å². The van der Waals surface area contributed by atoms with Crippen molar-refractivity contribution < 1.29 is 15.0 Å². The standard InChI is InChI=1S/C11H15NO4/c1-4-8-5-12(7(3)11(15)16)6(2)9(13)10(8)14/h5,7,13H,4H2,1-3H3,(H,15,16). The van der Waals surface area contributed by atoms with E-state index in [1.165, 1.54) is 24.6 Å². The molecule has 0 amide bonds. The van der Waals surface area contributed by atoms with Gasteiger partial charge in [0.1, 0.15) is 6.04 Å². The second-order valence-electron chi connectivity index (χ2n) is 3.69. The van der Waals surface area contributed by atoms with E-state index < -0.39 is 17.4 Å².